The highest BCUT2D eigenvalue weighted by molar-refractivity contribution is 5.91. The summed E-state index contributed by atoms with van der Waals surface area (Å²) in [6.07, 6.45) is 0.741. The summed E-state index contributed by atoms with van der Waals surface area (Å²) < 4.78 is 14.2. The maximum atomic E-state index is 11.3. The number of hydrogen-bond acceptors (Lipinski definition) is 6. The largest absolute Gasteiger partial charge is 0.466 e. The molecule has 0 rings (SSSR count). The van der Waals surface area contributed by atoms with E-state index in [1.165, 1.54) is 14.2 Å². The molecule has 0 spiro atoms. The second-order valence-electron chi connectivity index (χ2n) is 3.92. The van der Waals surface area contributed by atoms with Crippen molar-refractivity contribution in [3.05, 3.63) is 12.2 Å². The van der Waals surface area contributed by atoms with E-state index in [0.29, 0.717) is 0 Å². The molecule has 0 radical (unpaired) electrons. The first-order valence-electron chi connectivity index (χ1n) is 5.71. The Bertz CT molecular complexity index is 350. The molecule has 0 aliphatic heterocycles. The summed E-state index contributed by atoms with van der Waals surface area (Å²) in [5, 5.41) is 2.31. The minimum absolute atomic E-state index is 0.0188. The number of amides is 1. The fraction of sp³-hybridized carbons (Fsp3) is 0.583. The van der Waals surface area contributed by atoms with Crippen LogP contribution in [-0.4, -0.2) is 44.9 Å². The Labute approximate surface area is 111 Å². The van der Waals surface area contributed by atoms with Crippen molar-refractivity contribution in [1.29, 1.82) is 0 Å². The molecule has 0 heterocycles. The molecule has 7 heteroatoms. The lowest BCUT2D eigenvalue weighted by molar-refractivity contribution is -0.142. The number of carbonyl (C=O) groups is 3. The first-order chi connectivity index (χ1) is 8.90. The average molecular weight is 273 g/mol. The van der Waals surface area contributed by atoms with Crippen LogP contribution in [0.15, 0.2) is 12.2 Å². The molecule has 108 valence electrons. The minimum Gasteiger partial charge on any atom is -0.466 e. The van der Waals surface area contributed by atoms with Gasteiger partial charge in [-0.2, -0.15) is 0 Å². The summed E-state index contributed by atoms with van der Waals surface area (Å²) >= 11 is 0. The summed E-state index contributed by atoms with van der Waals surface area (Å²) in [5.74, 6) is -1.38. The number of nitrogens with one attached hydrogen (secondary N) is 1. The quantitative estimate of drug-likeness (QED) is 0.434. The first kappa shape index (κ1) is 16.9. The van der Waals surface area contributed by atoms with E-state index in [0.717, 1.165) is 12.2 Å². The van der Waals surface area contributed by atoms with Gasteiger partial charge in [0.05, 0.1) is 7.11 Å². The lowest BCUT2D eigenvalue weighted by atomic mass is 10.1. The van der Waals surface area contributed by atoms with Crippen molar-refractivity contribution < 1.29 is 28.6 Å². The van der Waals surface area contributed by atoms with Crippen LogP contribution in [0.25, 0.3) is 0 Å². The number of rotatable bonds is 6. The summed E-state index contributed by atoms with van der Waals surface area (Å²) in [4.78, 5) is 33.1. The summed E-state index contributed by atoms with van der Waals surface area (Å²) in [6, 6.07) is 0. The monoisotopic (exact) mass is 273 g/mol. The van der Waals surface area contributed by atoms with E-state index < -0.39 is 24.1 Å². The number of hydrogen-bond donors (Lipinski definition) is 1. The molecule has 0 aliphatic rings. The summed E-state index contributed by atoms with van der Waals surface area (Å²) in [5.41, 5.74) is 0. The van der Waals surface area contributed by atoms with Crippen molar-refractivity contribution >= 4 is 18.0 Å². The molecule has 0 fully saturated rings. The summed E-state index contributed by atoms with van der Waals surface area (Å²) in [6.45, 7) is 3.56. The Morgan fingerprint density at radius 3 is 2.21 bits per heavy atom. The van der Waals surface area contributed by atoms with Gasteiger partial charge in [0.2, 0.25) is 0 Å². The van der Waals surface area contributed by atoms with Gasteiger partial charge in [-0.15, -0.1) is 0 Å². The zero-order valence-corrected chi connectivity index (χ0v) is 11.5. The molecule has 1 amide bonds. The van der Waals surface area contributed by atoms with E-state index >= 15 is 0 Å². The van der Waals surface area contributed by atoms with Gasteiger partial charge in [0.15, 0.2) is 0 Å². The van der Waals surface area contributed by atoms with Gasteiger partial charge in [0, 0.05) is 19.2 Å². The van der Waals surface area contributed by atoms with E-state index in [-0.39, 0.29) is 12.5 Å². The highest BCUT2D eigenvalue weighted by Gasteiger charge is 2.19. The Morgan fingerprint density at radius 2 is 1.74 bits per heavy atom. The Balaban J connectivity index is 4.25. The zero-order valence-electron chi connectivity index (χ0n) is 11.5. The zero-order chi connectivity index (χ0) is 14.8. The predicted molar refractivity (Wildman–Crippen MR) is 66.3 cm³/mol. The van der Waals surface area contributed by atoms with Gasteiger partial charge in [0.1, 0.15) is 12.7 Å². The molecule has 1 N–H and O–H groups in total. The molecule has 0 saturated carbocycles. The van der Waals surface area contributed by atoms with Crippen molar-refractivity contribution in [1.82, 2.24) is 5.32 Å². The van der Waals surface area contributed by atoms with Gasteiger partial charge in [-0.05, 0) is 5.92 Å². The minimum atomic E-state index is -0.712. The lowest BCUT2D eigenvalue weighted by Crippen LogP contribution is -2.33. The lowest BCUT2D eigenvalue weighted by Gasteiger charge is -2.20. The van der Waals surface area contributed by atoms with Crippen molar-refractivity contribution in [3.63, 3.8) is 0 Å². The Kier molecular flexibility index (Phi) is 7.99. The molecule has 0 aromatic rings. The van der Waals surface area contributed by atoms with Crippen molar-refractivity contribution in [2.75, 3.05) is 20.8 Å². The van der Waals surface area contributed by atoms with Crippen LogP contribution in [0.5, 0.6) is 0 Å². The molecule has 1 atom stereocenters. The number of methoxy groups -OCH3 is 1. The van der Waals surface area contributed by atoms with Crippen LogP contribution in [0.3, 0.4) is 0 Å². The van der Waals surface area contributed by atoms with Gasteiger partial charge in [-0.3, -0.25) is 0 Å². The van der Waals surface area contributed by atoms with Gasteiger partial charge in [-0.1, -0.05) is 13.8 Å². The maximum Gasteiger partial charge on any atom is 0.407 e. The number of esters is 2. The third-order valence-corrected chi connectivity index (χ3v) is 2.15. The predicted octanol–water partition coefficient (Wildman–Crippen LogP) is 0.639. The average Bonchev–Trinajstić information content (AvgIpc) is 2.39. The normalized spacial score (nSPS) is 12.1. The topological polar surface area (TPSA) is 90.9 Å². The molecular formula is C12H19NO6. The van der Waals surface area contributed by atoms with Gasteiger partial charge in [0.25, 0.3) is 0 Å². The van der Waals surface area contributed by atoms with Gasteiger partial charge in [-0.25, -0.2) is 14.4 Å². The van der Waals surface area contributed by atoms with Crippen LogP contribution >= 0.6 is 0 Å². The fourth-order valence-electron chi connectivity index (χ4n) is 0.975. The molecule has 19 heavy (non-hydrogen) atoms. The third kappa shape index (κ3) is 7.80. The highest BCUT2D eigenvalue weighted by Crippen LogP contribution is 2.07. The molecule has 0 aliphatic carbocycles. The second-order valence-corrected chi connectivity index (χ2v) is 3.92. The van der Waals surface area contributed by atoms with Crippen LogP contribution in [0.4, 0.5) is 4.79 Å². The molecule has 0 bridgehead atoms. The van der Waals surface area contributed by atoms with Crippen LogP contribution in [0.2, 0.25) is 0 Å². The van der Waals surface area contributed by atoms with Crippen molar-refractivity contribution in [2.24, 2.45) is 5.92 Å². The molecular weight excluding hydrogens is 254 g/mol. The number of ether oxygens (including phenoxy) is 3. The van der Waals surface area contributed by atoms with Crippen molar-refractivity contribution in [2.45, 2.75) is 20.0 Å². The van der Waals surface area contributed by atoms with Crippen LogP contribution in [-0.2, 0) is 23.8 Å². The van der Waals surface area contributed by atoms with Crippen LogP contribution < -0.4 is 5.32 Å². The number of carbonyl (C=O) groups excluding carboxylic acids is 3. The van der Waals surface area contributed by atoms with Crippen LogP contribution in [0.1, 0.15) is 13.8 Å². The Hall–Kier alpha value is -2.05. The molecule has 0 saturated heterocycles. The van der Waals surface area contributed by atoms with Gasteiger partial charge >= 0.3 is 18.0 Å². The second kappa shape index (κ2) is 8.96. The standard InChI is InChI=1S/C12H19NO6/c1-8(2)9(19-12(16)13-3)7-18-11(15)6-5-10(14)17-4/h5-6,8-9H,7H2,1-4H3,(H,13,16)/b6-5+/t9-/m0/s1. The van der Waals surface area contributed by atoms with E-state index in [1.807, 2.05) is 13.8 Å². The first-order valence-corrected chi connectivity index (χ1v) is 5.71. The van der Waals surface area contributed by atoms with Gasteiger partial charge < -0.3 is 19.5 Å². The molecule has 0 aromatic heterocycles. The smallest absolute Gasteiger partial charge is 0.407 e. The highest BCUT2D eigenvalue weighted by atomic mass is 16.6. The fourth-order valence-corrected chi connectivity index (χ4v) is 0.975. The number of alkyl carbamates (subject to hydrolysis) is 1. The van der Waals surface area contributed by atoms with E-state index in [9.17, 15) is 14.4 Å². The van der Waals surface area contributed by atoms with Crippen molar-refractivity contribution in [3.8, 4) is 0 Å². The molecule has 0 unspecified atom stereocenters. The third-order valence-electron chi connectivity index (χ3n) is 2.15. The SMILES string of the molecule is CNC(=O)O[C@@H](COC(=O)/C=C/C(=O)OC)C(C)C. The Morgan fingerprint density at radius 1 is 1.16 bits per heavy atom. The van der Waals surface area contributed by atoms with E-state index in [2.05, 4.69) is 10.1 Å². The van der Waals surface area contributed by atoms with E-state index in [4.69, 9.17) is 9.47 Å². The molecule has 7 nitrogen and oxygen atoms in total. The maximum absolute atomic E-state index is 11.3. The molecule has 0 aromatic carbocycles. The van der Waals surface area contributed by atoms with E-state index in [1.54, 1.807) is 0 Å². The van der Waals surface area contributed by atoms with Crippen LogP contribution in [0, 0.1) is 5.92 Å². The summed E-state index contributed by atoms with van der Waals surface area (Å²) in [7, 11) is 2.63.